The van der Waals surface area contributed by atoms with Crippen molar-refractivity contribution < 1.29 is 68.7 Å². The van der Waals surface area contributed by atoms with Gasteiger partial charge in [-0.1, -0.05) is 54.6 Å². The Kier molecular flexibility index (Phi) is 12.6. The van der Waals surface area contributed by atoms with Crippen molar-refractivity contribution >= 4 is 33.7 Å². The van der Waals surface area contributed by atoms with Crippen LogP contribution in [-0.2, 0) is 14.8 Å². The second-order valence-electron chi connectivity index (χ2n) is 10.8. The van der Waals surface area contributed by atoms with Crippen molar-refractivity contribution in [1.29, 1.82) is 0 Å². The topological polar surface area (TPSA) is 172 Å². The van der Waals surface area contributed by atoms with Crippen LogP contribution in [-0.4, -0.2) is 52.4 Å². The van der Waals surface area contributed by atoms with Crippen molar-refractivity contribution in [3.8, 4) is 22.3 Å². The Morgan fingerprint density at radius 3 is 2.20 bits per heavy atom. The number of carboxylic acid groups (broad SMARTS) is 1. The molecule has 10 nitrogen and oxygen atoms in total. The first-order valence-corrected chi connectivity index (χ1v) is 15.6. The van der Waals surface area contributed by atoms with Crippen LogP contribution in [0.2, 0.25) is 0 Å². The third kappa shape index (κ3) is 9.01. The molecule has 4 rings (SSSR count). The average molecular weight is 660 g/mol. The molecule has 13 heteroatoms. The van der Waals surface area contributed by atoms with Gasteiger partial charge in [0.05, 0.1) is 23.5 Å². The SMILES string of the molecule is CC(C)n1c(C=C[C@@H](O)C[C@@H](O)CC(=O)O)c(-c2ccc(F)cc2)c(-c2ccccc2)c1C(=O)Nc1cccc(S(N)(=O)=O)c1.[H-].[Na+]. The number of aliphatic carboxylic acids is 1. The monoisotopic (exact) mass is 659 g/mol. The molecule has 3 aromatic carbocycles. The standard InChI is InChI=1S/C33H34FN3O7S.Na.H/c1-20(2)37-28(16-15-25(38)18-26(39)19-29(40)41)30(22-11-13-23(34)14-12-22)31(21-7-4-3-5-8-21)32(37)33(42)36-24-9-6-10-27(17-24)45(35,43)44;;/h3-17,20,25-26,38-39H,18-19H2,1-2H3,(H,36,42)(H,40,41)(H2,35,43,44);;/q;+1;-1/t25-,26-;;/m1../s1. The van der Waals surface area contributed by atoms with Crippen LogP contribution in [0.5, 0.6) is 0 Å². The van der Waals surface area contributed by atoms with Gasteiger partial charge < -0.3 is 26.6 Å². The van der Waals surface area contributed by atoms with Crippen molar-refractivity contribution in [1.82, 2.24) is 4.57 Å². The van der Waals surface area contributed by atoms with Gasteiger partial charge in [-0.05, 0) is 61.4 Å². The van der Waals surface area contributed by atoms with Gasteiger partial charge in [0, 0.05) is 35.0 Å². The Morgan fingerprint density at radius 2 is 1.61 bits per heavy atom. The van der Waals surface area contributed by atoms with E-state index in [4.69, 9.17) is 10.2 Å². The number of halogens is 1. The van der Waals surface area contributed by atoms with Gasteiger partial charge >= 0.3 is 35.5 Å². The molecule has 1 amide bonds. The summed E-state index contributed by atoms with van der Waals surface area (Å²) in [6.45, 7) is 3.71. The minimum absolute atomic E-state index is 0. The molecule has 0 radical (unpaired) electrons. The zero-order chi connectivity index (χ0) is 32.9. The fourth-order valence-electron chi connectivity index (χ4n) is 5.11. The molecule has 0 saturated heterocycles. The van der Waals surface area contributed by atoms with Gasteiger partial charge in [-0.2, -0.15) is 0 Å². The summed E-state index contributed by atoms with van der Waals surface area (Å²) in [6.07, 6.45) is -0.307. The van der Waals surface area contributed by atoms with Gasteiger partial charge in [0.1, 0.15) is 11.5 Å². The number of sulfonamides is 1. The number of anilines is 1. The molecule has 0 bridgehead atoms. The number of rotatable bonds is 12. The van der Waals surface area contributed by atoms with Crippen LogP contribution < -0.4 is 40.0 Å². The maximum atomic E-state index is 14.2. The van der Waals surface area contributed by atoms with Gasteiger partial charge in [0.15, 0.2) is 0 Å². The Labute approximate surface area is 290 Å². The van der Waals surface area contributed by atoms with Gasteiger partial charge in [0.2, 0.25) is 10.0 Å². The van der Waals surface area contributed by atoms with E-state index in [9.17, 15) is 32.6 Å². The summed E-state index contributed by atoms with van der Waals surface area (Å²) >= 11 is 0. The summed E-state index contributed by atoms with van der Waals surface area (Å²) in [7, 11) is -4.04. The molecule has 0 unspecified atom stereocenters. The smallest absolute Gasteiger partial charge is 1.00 e. The number of carboxylic acids is 1. The van der Waals surface area contributed by atoms with Crippen LogP contribution in [0.1, 0.15) is 50.3 Å². The predicted molar refractivity (Wildman–Crippen MR) is 170 cm³/mol. The molecule has 0 aliphatic rings. The first-order chi connectivity index (χ1) is 21.3. The van der Waals surface area contributed by atoms with Crippen LogP contribution in [0.3, 0.4) is 0 Å². The van der Waals surface area contributed by atoms with E-state index in [2.05, 4.69) is 5.32 Å². The molecule has 6 N–H and O–H groups in total. The molecule has 2 atom stereocenters. The van der Waals surface area contributed by atoms with E-state index < -0.39 is 46.3 Å². The van der Waals surface area contributed by atoms with Crippen LogP contribution in [0.4, 0.5) is 10.1 Å². The van der Waals surface area contributed by atoms with E-state index >= 15 is 0 Å². The van der Waals surface area contributed by atoms with Crippen molar-refractivity contribution in [3.05, 3.63) is 102 Å². The summed E-state index contributed by atoms with van der Waals surface area (Å²) in [5.41, 5.74) is 3.14. The molecule has 0 aliphatic heterocycles. The number of carbonyl (C=O) groups excluding carboxylic acids is 1. The molecule has 0 fully saturated rings. The zero-order valence-electron chi connectivity index (χ0n) is 26.6. The maximum Gasteiger partial charge on any atom is 1.00 e. The fraction of sp³-hybridized carbons (Fsp3) is 0.212. The molecule has 1 heterocycles. The van der Waals surface area contributed by atoms with E-state index in [1.807, 2.05) is 32.0 Å². The van der Waals surface area contributed by atoms with E-state index in [0.717, 1.165) is 0 Å². The Morgan fingerprint density at radius 1 is 0.978 bits per heavy atom. The molecule has 0 aliphatic carbocycles. The number of benzene rings is 3. The van der Waals surface area contributed by atoms with Gasteiger partial charge in [-0.25, -0.2) is 17.9 Å². The van der Waals surface area contributed by atoms with Gasteiger partial charge in [-0.15, -0.1) is 0 Å². The molecule has 46 heavy (non-hydrogen) atoms. The van der Waals surface area contributed by atoms with E-state index in [1.165, 1.54) is 42.5 Å². The van der Waals surface area contributed by atoms with E-state index in [1.54, 1.807) is 34.9 Å². The maximum absolute atomic E-state index is 14.2. The zero-order valence-corrected chi connectivity index (χ0v) is 28.4. The summed E-state index contributed by atoms with van der Waals surface area (Å²) < 4.78 is 39.7. The molecule has 0 spiro atoms. The van der Waals surface area contributed by atoms with Crippen molar-refractivity contribution in [2.24, 2.45) is 5.14 Å². The predicted octanol–water partition coefficient (Wildman–Crippen LogP) is 2.16. The third-order valence-corrected chi connectivity index (χ3v) is 7.90. The van der Waals surface area contributed by atoms with Crippen LogP contribution in [0, 0.1) is 5.82 Å². The summed E-state index contributed by atoms with van der Waals surface area (Å²) in [5.74, 6) is -2.24. The molecule has 238 valence electrons. The quantitative estimate of drug-likeness (QED) is 0.145. The number of aromatic nitrogens is 1. The summed E-state index contributed by atoms with van der Waals surface area (Å²) in [4.78, 5) is 25.0. The van der Waals surface area contributed by atoms with Gasteiger partial charge in [0.25, 0.3) is 5.91 Å². The number of amides is 1. The second-order valence-corrected chi connectivity index (χ2v) is 12.3. The van der Waals surface area contributed by atoms with Crippen molar-refractivity contribution in [2.75, 3.05) is 5.32 Å². The van der Waals surface area contributed by atoms with E-state index in [-0.39, 0.29) is 59.7 Å². The first kappa shape index (κ1) is 36.8. The van der Waals surface area contributed by atoms with Crippen molar-refractivity contribution in [2.45, 2.75) is 49.8 Å². The minimum atomic E-state index is -4.04. The molecule has 4 aromatic rings. The number of carbonyl (C=O) groups is 2. The third-order valence-electron chi connectivity index (χ3n) is 6.99. The number of primary sulfonamides is 1. The normalized spacial score (nSPS) is 12.9. The van der Waals surface area contributed by atoms with Crippen LogP contribution in [0.25, 0.3) is 28.3 Å². The number of nitrogens with two attached hydrogens (primary N) is 1. The number of hydrogen-bond acceptors (Lipinski definition) is 6. The number of aliphatic hydroxyl groups excluding tert-OH is 2. The molecular weight excluding hydrogens is 624 g/mol. The summed E-state index contributed by atoms with van der Waals surface area (Å²) in [5, 5.41) is 37.8. The average Bonchev–Trinajstić information content (AvgIpc) is 3.32. The Bertz CT molecular complexity index is 1830. The number of aliphatic hydroxyl groups is 2. The fourth-order valence-corrected chi connectivity index (χ4v) is 5.67. The molecular formula is C33H35FN3NaO7S. The number of nitrogens with zero attached hydrogens (tertiary/aromatic N) is 1. The van der Waals surface area contributed by atoms with Crippen LogP contribution in [0.15, 0.2) is 89.8 Å². The molecule has 1 aromatic heterocycles. The Balaban J connectivity index is 0.00000384. The van der Waals surface area contributed by atoms with E-state index in [0.29, 0.717) is 27.9 Å². The van der Waals surface area contributed by atoms with Crippen molar-refractivity contribution in [3.63, 3.8) is 0 Å². The Hall–Kier alpha value is -3.62. The minimum Gasteiger partial charge on any atom is -1.00 e. The summed E-state index contributed by atoms with van der Waals surface area (Å²) in [6, 6.07) is 20.0. The second kappa shape index (κ2) is 15.8. The largest absolute Gasteiger partial charge is 1.00 e. The molecule has 0 saturated carbocycles. The first-order valence-electron chi connectivity index (χ1n) is 14.1. The van der Waals surface area contributed by atoms with Crippen LogP contribution >= 0.6 is 0 Å². The number of hydrogen-bond donors (Lipinski definition) is 5. The number of nitrogens with one attached hydrogen (secondary N) is 1. The van der Waals surface area contributed by atoms with Gasteiger partial charge in [-0.3, -0.25) is 9.59 Å².